The second-order valence-electron chi connectivity index (χ2n) is 9.93. The molecular weight excluding hydrogens is 540 g/mol. The quantitative estimate of drug-likeness (QED) is 0.222. The number of rotatable bonds is 3. The molecule has 38 heavy (non-hydrogen) atoms. The van der Waals surface area contributed by atoms with E-state index in [2.05, 4.69) is 20.9 Å². The van der Waals surface area contributed by atoms with Crippen molar-refractivity contribution in [3.8, 4) is 0 Å². The number of anilines is 1. The van der Waals surface area contributed by atoms with E-state index < -0.39 is 23.4 Å². The summed E-state index contributed by atoms with van der Waals surface area (Å²) in [6.07, 6.45) is 7.23. The van der Waals surface area contributed by atoms with Gasteiger partial charge in [-0.3, -0.25) is 19.4 Å². The van der Waals surface area contributed by atoms with Crippen molar-refractivity contribution in [2.24, 2.45) is 5.41 Å². The van der Waals surface area contributed by atoms with Crippen molar-refractivity contribution in [3.05, 3.63) is 136 Å². The van der Waals surface area contributed by atoms with Crippen LogP contribution in [-0.4, -0.2) is 34.4 Å². The van der Waals surface area contributed by atoms with Gasteiger partial charge in [0, 0.05) is 45.2 Å². The first-order chi connectivity index (χ1) is 18.5. The van der Waals surface area contributed by atoms with E-state index in [1.54, 1.807) is 54.9 Å². The summed E-state index contributed by atoms with van der Waals surface area (Å²) in [5.41, 5.74) is 2.27. The standard InChI is InChI=1S/C32H21BrN2O3/c33-22-13-14-25-20(17-22)12-15-26-32(30(37)23-10-4-5-11-24(23)31(32)38)27(21-9-6-16-34-18-21)28(35(25)26)29(36)19-7-2-1-3-8-19/h1-18,26-28H. The lowest BCUT2D eigenvalue weighted by atomic mass is 9.64. The van der Waals surface area contributed by atoms with Gasteiger partial charge >= 0.3 is 0 Å². The maximum absolute atomic E-state index is 14.5. The maximum atomic E-state index is 14.5. The van der Waals surface area contributed by atoms with Gasteiger partial charge in [0.25, 0.3) is 0 Å². The highest BCUT2D eigenvalue weighted by molar-refractivity contribution is 9.10. The minimum absolute atomic E-state index is 0.137. The lowest BCUT2D eigenvalue weighted by Gasteiger charge is -2.37. The summed E-state index contributed by atoms with van der Waals surface area (Å²) in [7, 11) is 0. The number of benzene rings is 3. The minimum atomic E-state index is -1.51. The SMILES string of the molecule is O=C(c1ccccc1)C1C(c2cccnc2)C2(C(=O)c3ccccc3C2=O)C2C=Cc3cc(Br)ccc3N12. The summed E-state index contributed by atoms with van der Waals surface area (Å²) < 4.78 is 0.906. The molecule has 3 atom stereocenters. The van der Waals surface area contributed by atoms with Crippen molar-refractivity contribution in [2.45, 2.75) is 18.0 Å². The third-order valence-electron chi connectivity index (χ3n) is 8.14. The Kier molecular flexibility index (Phi) is 5.10. The number of aromatic nitrogens is 1. The molecule has 1 fully saturated rings. The van der Waals surface area contributed by atoms with Gasteiger partial charge in [0.2, 0.25) is 0 Å². The van der Waals surface area contributed by atoms with E-state index in [0.717, 1.165) is 15.7 Å². The van der Waals surface area contributed by atoms with Gasteiger partial charge < -0.3 is 4.90 Å². The zero-order valence-electron chi connectivity index (χ0n) is 20.1. The van der Waals surface area contributed by atoms with Crippen LogP contribution in [0.5, 0.6) is 0 Å². The maximum Gasteiger partial charge on any atom is 0.185 e. The zero-order chi connectivity index (χ0) is 26.0. The predicted molar refractivity (Wildman–Crippen MR) is 149 cm³/mol. The first kappa shape index (κ1) is 23.0. The zero-order valence-corrected chi connectivity index (χ0v) is 21.7. The molecular formula is C32H21BrN2O3. The largest absolute Gasteiger partial charge is 0.352 e. The Morgan fingerprint density at radius 3 is 2.26 bits per heavy atom. The van der Waals surface area contributed by atoms with E-state index in [4.69, 9.17) is 0 Å². The number of pyridine rings is 1. The van der Waals surface area contributed by atoms with E-state index in [-0.39, 0.29) is 17.3 Å². The van der Waals surface area contributed by atoms with Crippen molar-refractivity contribution in [3.63, 3.8) is 0 Å². The molecule has 0 radical (unpaired) electrons. The van der Waals surface area contributed by atoms with Gasteiger partial charge in [0.05, 0.1) is 6.04 Å². The number of carbonyl (C=O) groups excluding carboxylic acids is 3. The van der Waals surface area contributed by atoms with Gasteiger partial charge in [-0.15, -0.1) is 0 Å². The number of nitrogens with zero attached hydrogens (tertiary/aromatic N) is 2. The molecule has 1 aromatic heterocycles. The Labute approximate surface area is 228 Å². The molecule has 5 nitrogen and oxygen atoms in total. The smallest absolute Gasteiger partial charge is 0.185 e. The number of fused-ring (bicyclic) bond motifs is 5. The Morgan fingerprint density at radius 2 is 1.58 bits per heavy atom. The Morgan fingerprint density at radius 1 is 0.868 bits per heavy atom. The molecule has 4 aromatic rings. The van der Waals surface area contributed by atoms with Crippen molar-refractivity contribution in [2.75, 3.05) is 4.90 Å². The fourth-order valence-electron chi connectivity index (χ4n) is 6.65. The van der Waals surface area contributed by atoms with Crippen LogP contribution in [0.25, 0.3) is 6.08 Å². The molecule has 1 saturated heterocycles. The molecule has 3 heterocycles. The third-order valence-corrected chi connectivity index (χ3v) is 8.63. The van der Waals surface area contributed by atoms with Crippen molar-refractivity contribution < 1.29 is 14.4 Å². The number of hydrogen-bond donors (Lipinski definition) is 0. The Bertz CT molecular complexity index is 1630. The van der Waals surface area contributed by atoms with Crippen LogP contribution in [0, 0.1) is 5.41 Å². The number of Topliss-reactive ketones (excluding diaryl/α,β-unsaturated/α-hetero) is 3. The lowest BCUT2D eigenvalue weighted by Crippen LogP contribution is -2.48. The summed E-state index contributed by atoms with van der Waals surface area (Å²) in [4.78, 5) is 49.9. The van der Waals surface area contributed by atoms with Gasteiger partial charge in [-0.05, 0) is 35.4 Å². The van der Waals surface area contributed by atoms with Crippen molar-refractivity contribution in [1.82, 2.24) is 4.98 Å². The highest BCUT2D eigenvalue weighted by atomic mass is 79.9. The second-order valence-corrected chi connectivity index (χ2v) is 10.8. The van der Waals surface area contributed by atoms with Crippen LogP contribution in [0.4, 0.5) is 5.69 Å². The van der Waals surface area contributed by atoms with E-state index in [9.17, 15) is 14.4 Å². The molecule has 0 N–H and O–H groups in total. The molecule has 3 aliphatic rings. The second kappa shape index (κ2) is 8.43. The fraction of sp³-hybridized carbons (Fsp3) is 0.125. The normalized spacial score (nSPS) is 22.3. The Hall–Kier alpha value is -4.16. The molecule has 3 unspecified atom stereocenters. The average Bonchev–Trinajstić information content (AvgIpc) is 3.39. The molecule has 3 aromatic carbocycles. The summed E-state index contributed by atoms with van der Waals surface area (Å²) in [5.74, 6) is -1.37. The highest BCUT2D eigenvalue weighted by Crippen LogP contribution is 2.60. The number of ketones is 3. The number of carbonyl (C=O) groups is 3. The van der Waals surface area contributed by atoms with Crippen LogP contribution >= 0.6 is 15.9 Å². The summed E-state index contributed by atoms with van der Waals surface area (Å²) in [6.45, 7) is 0. The van der Waals surface area contributed by atoms with Crippen LogP contribution in [0.1, 0.15) is 48.1 Å². The van der Waals surface area contributed by atoms with Gasteiger partial charge in [0.15, 0.2) is 17.3 Å². The highest BCUT2D eigenvalue weighted by Gasteiger charge is 2.71. The fourth-order valence-corrected chi connectivity index (χ4v) is 7.03. The third kappa shape index (κ3) is 2.98. The van der Waals surface area contributed by atoms with Gasteiger partial charge in [-0.1, -0.05) is 88.7 Å². The van der Waals surface area contributed by atoms with Gasteiger partial charge in [-0.2, -0.15) is 0 Å². The monoisotopic (exact) mass is 560 g/mol. The van der Waals surface area contributed by atoms with Crippen LogP contribution in [0.15, 0.2) is 108 Å². The van der Waals surface area contributed by atoms with E-state index in [1.807, 2.05) is 59.5 Å². The summed E-state index contributed by atoms with van der Waals surface area (Å²) >= 11 is 3.55. The van der Waals surface area contributed by atoms with E-state index in [0.29, 0.717) is 22.3 Å². The molecule has 2 aliphatic heterocycles. The Balaban J connectivity index is 1.55. The van der Waals surface area contributed by atoms with Crippen LogP contribution in [-0.2, 0) is 0 Å². The number of halogens is 1. The van der Waals surface area contributed by atoms with Crippen molar-refractivity contribution >= 4 is 45.0 Å². The first-order valence-electron chi connectivity index (χ1n) is 12.5. The van der Waals surface area contributed by atoms with Crippen LogP contribution in [0.2, 0.25) is 0 Å². The average molecular weight is 561 g/mol. The molecule has 7 rings (SSSR count). The molecule has 6 heteroatoms. The van der Waals surface area contributed by atoms with Crippen LogP contribution in [0.3, 0.4) is 0 Å². The predicted octanol–water partition coefficient (Wildman–Crippen LogP) is 6.16. The summed E-state index contributed by atoms with van der Waals surface area (Å²) in [5, 5.41) is 0. The summed E-state index contributed by atoms with van der Waals surface area (Å²) in [6, 6.07) is 24.2. The van der Waals surface area contributed by atoms with E-state index >= 15 is 0 Å². The lowest BCUT2D eigenvalue weighted by molar-refractivity contribution is 0.0666. The number of hydrogen-bond acceptors (Lipinski definition) is 5. The first-order valence-corrected chi connectivity index (χ1v) is 13.3. The van der Waals surface area contributed by atoms with E-state index in [1.165, 1.54) is 0 Å². The minimum Gasteiger partial charge on any atom is -0.352 e. The molecule has 1 spiro atoms. The molecule has 0 bridgehead atoms. The molecule has 184 valence electrons. The van der Waals surface area contributed by atoms with Gasteiger partial charge in [-0.25, -0.2) is 0 Å². The molecule has 0 amide bonds. The molecule has 0 saturated carbocycles. The van der Waals surface area contributed by atoms with Gasteiger partial charge in [0.1, 0.15) is 11.5 Å². The topological polar surface area (TPSA) is 67.3 Å². The van der Waals surface area contributed by atoms with Crippen molar-refractivity contribution in [1.29, 1.82) is 0 Å². The molecule has 1 aliphatic carbocycles. The van der Waals surface area contributed by atoms with Crippen LogP contribution < -0.4 is 4.90 Å².